The number of nitrogens with zero attached hydrogens (tertiary/aromatic N) is 2. The second-order valence-electron chi connectivity index (χ2n) is 5.99. The van der Waals surface area contributed by atoms with Gasteiger partial charge in [-0.3, -0.25) is 4.79 Å². The molecule has 0 spiro atoms. The van der Waals surface area contributed by atoms with Crippen LogP contribution in [-0.2, 0) is 16.1 Å². The molecule has 110 valence electrons. The molecule has 1 fully saturated rings. The van der Waals surface area contributed by atoms with E-state index in [0.717, 1.165) is 12.8 Å². The lowest BCUT2D eigenvalue weighted by Gasteiger charge is -2.35. The fourth-order valence-corrected chi connectivity index (χ4v) is 1.91. The lowest BCUT2D eigenvalue weighted by Crippen LogP contribution is -2.45. The summed E-state index contributed by atoms with van der Waals surface area (Å²) in [5.41, 5.74) is -0.199. The Balaban J connectivity index is 2.13. The minimum Gasteiger partial charge on any atom is -0.464 e. The number of oxazole rings is 1. The number of aromatic nitrogens is 1. The predicted molar refractivity (Wildman–Crippen MR) is 70.9 cm³/mol. The third kappa shape index (κ3) is 3.18. The van der Waals surface area contributed by atoms with E-state index in [2.05, 4.69) is 9.72 Å². The van der Waals surface area contributed by atoms with E-state index < -0.39 is 5.97 Å². The second kappa shape index (κ2) is 5.26. The molecule has 2 rings (SSSR count). The summed E-state index contributed by atoms with van der Waals surface area (Å²) >= 11 is 0. The summed E-state index contributed by atoms with van der Waals surface area (Å²) in [5.74, 6) is 0.0461. The first-order valence-corrected chi connectivity index (χ1v) is 6.67. The van der Waals surface area contributed by atoms with Crippen LogP contribution in [0.1, 0.15) is 50.0 Å². The lowest BCUT2D eigenvalue weighted by molar-refractivity contribution is -0.138. The van der Waals surface area contributed by atoms with Gasteiger partial charge in [0.2, 0.25) is 11.8 Å². The van der Waals surface area contributed by atoms with E-state index in [-0.39, 0.29) is 29.6 Å². The zero-order valence-corrected chi connectivity index (χ0v) is 12.3. The maximum absolute atomic E-state index is 12.3. The van der Waals surface area contributed by atoms with Crippen LogP contribution in [0.5, 0.6) is 0 Å². The van der Waals surface area contributed by atoms with E-state index in [4.69, 9.17) is 4.42 Å². The van der Waals surface area contributed by atoms with Crippen molar-refractivity contribution in [3.05, 3.63) is 17.8 Å². The van der Waals surface area contributed by atoms with Crippen molar-refractivity contribution in [2.75, 3.05) is 7.11 Å². The Morgan fingerprint density at radius 1 is 1.45 bits per heavy atom. The number of carbonyl (C=O) groups excluding carboxylic acids is 2. The third-order valence-corrected chi connectivity index (χ3v) is 3.24. The Morgan fingerprint density at radius 2 is 2.10 bits per heavy atom. The van der Waals surface area contributed by atoms with E-state index in [0.29, 0.717) is 5.89 Å². The van der Waals surface area contributed by atoms with Crippen molar-refractivity contribution in [3.8, 4) is 0 Å². The summed E-state index contributed by atoms with van der Waals surface area (Å²) in [7, 11) is 1.29. The summed E-state index contributed by atoms with van der Waals surface area (Å²) in [6, 6.07) is 0. The fourth-order valence-electron chi connectivity index (χ4n) is 1.91. The van der Waals surface area contributed by atoms with Gasteiger partial charge in [0.25, 0.3) is 0 Å². The van der Waals surface area contributed by atoms with Crippen molar-refractivity contribution in [1.29, 1.82) is 0 Å². The summed E-state index contributed by atoms with van der Waals surface area (Å²) in [5, 5.41) is 0. The quantitative estimate of drug-likeness (QED) is 0.789. The van der Waals surface area contributed by atoms with Gasteiger partial charge < -0.3 is 14.1 Å². The topological polar surface area (TPSA) is 72.6 Å². The third-order valence-electron chi connectivity index (χ3n) is 3.24. The molecule has 0 radical (unpaired) electrons. The van der Waals surface area contributed by atoms with E-state index in [9.17, 15) is 9.59 Å². The van der Waals surface area contributed by atoms with E-state index in [1.165, 1.54) is 13.4 Å². The molecule has 6 heteroatoms. The van der Waals surface area contributed by atoms with Crippen LogP contribution < -0.4 is 0 Å². The van der Waals surface area contributed by atoms with Crippen molar-refractivity contribution in [3.63, 3.8) is 0 Å². The number of hydrogen-bond acceptors (Lipinski definition) is 5. The molecule has 1 aliphatic rings. The van der Waals surface area contributed by atoms with E-state index >= 15 is 0 Å². The van der Waals surface area contributed by atoms with Crippen LogP contribution in [-0.4, -0.2) is 34.4 Å². The largest absolute Gasteiger partial charge is 0.464 e. The van der Waals surface area contributed by atoms with Crippen LogP contribution in [0.3, 0.4) is 0 Å². The Morgan fingerprint density at radius 3 is 2.60 bits per heavy atom. The molecule has 0 unspecified atom stereocenters. The summed E-state index contributed by atoms with van der Waals surface area (Å²) in [6.45, 7) is 6.17. The first kappa shape index (κ1) is 14.6. The molecule has 6 nitrogen and oxygen atoms in total. The van der Waals surface area contributed by atoms with Gasteiger partial charge in [0.05, 0.1) is 13.7 Å². The highest BCUT2D eigenvalue weighted by Crippen LogP contribution is 2.34. The van der Waals surface area contributed by atoms with Crippen molar-refractivity contribution >= 4 is 11.9 Å². The van der Waals surface area contributed by atoms with E-state index in [1.54, 1.807) is 4.90 Å². The molecule has 0 saturated heterocycles. The maximum Gasteiger partial charge on any atom is 0.360 e. The molecule has 0 bridgehead atoms. The van der Waals surface area contributed by atoms with Crippen LogP contribution >= 0.6 is 0 Å². The normalized spacial score (nSPS) is 15.0. The fraction of sp³-hybridized carbons (Fsp3) is 0.643. The van der Waals surface area contributed by atoms with Crippen LogP contribution in [0, 0.1) is 5.92 Å². The number of rotatable bonds is 4. The number of methoxy groups -OCH3 is 1. The molecule has 1 aromatic rings. The van der Waals surface area contributed by atoms with Gasteiger partial charge in [-0.1, -0.05) is 0 Å². The predicted octanol–water partition coefficient (Wildman–Crippen LogP) is 2.00. The van der Waals surface area contributed by atoms with Gasteiger partial charge in [0, 0.05) is 11.5 Å². The summed E-state index contributed by atoms with van der Waals surface area (Å²) in [6.07, 6.45) is 3.15. The van der Waals surface area contributed by atoms with Crippen LogP contribution in [0.25, 0.3) is 0 Å². The van der Waals surface area contributed by atoms with Gasteiger partial charge in [-0.2, -0.15) is 0 Å². The zero-order chi connectivity index (χ0) is 14.9. The molecule has 0 aliphatic heterocycles. The van der Waals surface area contributed by atoms with E-state index in [1.807, 2.05) is 20.8 Å². The van der Waals surface area contributed by atoms with Crippen molar-refractivity contribution in [1.82, 2.24) is 9.88 Å². The zero-order valence-electron chi connectivity index (χ0n) is 12.3. The second-order valence-corrected chi connectivity index (χ2v) is 5.99. The standard InChI is InChI=1S/C14H20N2O4/c1-14(2,3)16(12(17)9-5-6-9)7-11-15-10(8-20-11)13(18)19-4/h8-9H,5-7H2,1-4H3. The number of hydrogen-bond donors (Lipinski definition) is 0. The molecule has 0 N–H and O–H groups in total. The van der Waals surface area contributed by atoms with Gasteiger partial charge in [0.15, 0.2) is 5.69 Å². The monoisotopic (exact) mass is 280 g/mol. The molecule has 1 aromatic heterocycles. The Bertz CT molecular complexity index is 511. The number of esters is 1. The average molecular weight is 280 g/mol. The molecule has 1 saturated carbocycles. The van der Waals surface area contributed by atoms with Crippen LogP contribution in [0.2, 0.25) is 0 Å². The SMILES string of the molecule is COC(=O)c1coc(CN(C(=O)C2CC2)C(C)(C)C)n1. The van der Waals surface area contributed by atoms with Crippen molar-refractivity contribution in [2.24, 2.45) is 5.92 Å². The van der Waals surface area contributed by atoms with Gasteiger partial charge in [-0.25, -0.2) is 9.78 Å². The molecule has 20 heavy (non-hydrogen) atoms. The number of amides is 1. The highest BCUT2D eigenvalue weighted by atomic mass is 16.5. The highest BCUT2D eigenvalue weighted by Gasteiger charge is 2.38. The van der Waals surface area contributed by atoms with Gasteiger partial charge >= 0.3 is 5.97 Å². The first-order valence-electron chi connectivity index (χ1n) is 6.67. The molecular formula is C14H20N2O4. The molecule has 0 aromatic carbocycles. The van der Waals surface area contributed by atoms with Gasteiger partial charge in [-0.05, 0) is 33.6 Å². The molecule has 0 atom stereocenters. The maximum atomic E-state index is 12.3. The Hall–Kier alpha value is -1.85. The molecule has 1 amide bonds. The highest BCUT2D eigenvalue weighted by molar-refractivity contribution is 5.86. The summed E-state index contributed by atoms with van der Waals surface area (Å²) < 4.78 is 9.83. The number of carbonyl (C=O) groups is 2. The molecule has 1 heterocycles. The molecular weight excluding hydrogens is 260 g/mol. The van der Waals surface area contributed by atoms with Crippen LogP contribution in [0.4, 0.5) is 0 Å². The smallest absolute Gasteiger partial charge is 0.360 e. The lowest BCUT2D eigenvalue weighted by atomic mass is 10.1. The minimum absolute atomic E-state index is 0.121. The van der Waals surface area contributed by atoms with Crippen molar-refractivity contribution < 1.29 is 18.7 Å². The van der Waals surface area contributed by atoms with Crippen molar-refractivity contribution in [2.45, 2.75) is 45.7 Å². The Labute approximate surface area is 118 Å². The van der Waals surface area contributed by atoms with Crippen LogP contribution in [0.15, 0.2) is 10.7 Å². The summed E-state index contributed by atoms with van der Waals surface area (Å²) in [4.78, 5) is 29.5. The minimum atomic E-state index is -0.546. The first-order chi connectivity index (χ1) is 9.32. The Kier molecular flexibility index (Phi) is 3.83. The average Bonchev–Trinajstić information content (AvgIpc) is 3.12. The van der Waals surface area contributed by atoms with Gasteiger partial charge in [-0.15, -0.1) is 0 Å². The molecule has 1 aliphatic carbocycles. The van der Waals surface area contributed by atoms with Gasteiger partial charge in [0.1, 0.15) is 6.26 Å². The number of ether oxygens (including phenoxy) is 1.